The lowest BCUT2D eigenvalue weighted by atomic mass is 10.1. The molecule has 17 heavy (non-hydrogen) atoms. The van der Waals surface area contributed by atoms with E-state index in [4.69, 9.17) is 10.2 Å². The summed E-state index contributed by atoms with van der Waals surface area (Å²) < 4.78 is 0. The molecule has 0 fully saturated rings. The van der Waals surface area contributed by atoms with Crippen LogP contribution in [0.25, 0.3) is 0 Å². The van der Waals surface area contributed by atoms with Crippen molar-refractivity contribution in [2.45, 2.75) is 45.2 Å². The second-order valence-corrected chi connectivity index (χ2v) is 4.68. The molecule has 0 aliphatic heterocycles. The predicted molar refractivity (Wildman–Crippen MR) is 63.8 cm³/mol. The smallest absolute Gasteiger partial charge is 0.317 e. The Labute approximate surface area is 102 Å². The highest BCUT2D eigenvalue weighted by Gasteiger charge is 2.28. The van der Waals surface area contributed by atoms with Crippen molar-refractivity contribution in [2.75, 3.05) is 13.7 Å². The third kappa shape index (κ3) is 5.04. The van der Waals surface area contributed by atoms with Gasteiger partial charge < -0.3 is 20.4 Å². The number of carboxylic acids is 1. The maximum atomic E-state index is 11.8. The number of carbonyl (C=O) groups excluding carboxylic acids is 1. The summed E-state index contributed by atoms with van der Waals surface area (Å²) in [5, 5.41) is 20.4. The molecule has 1 unspecified atom stereocenters. The first kappa shape index (κ1) is 15.7. The predicted octanol–water partition coefficient (Wildman–Crippen LogP) is 0.652. The molecule has 6 heteroatoms. The number of likely N-dealkylation sites (N-methyl/N-ethyl adjacent to an activating group) is 1. The minimum atomic E-state index is -0.943. The van der Waals surface area contributed by atoms with Crippen molar-refractivity contribution in [3.63, 3.8) is 0 Å². The van der Waals surface area contributed by atoms with Crippen molar-refractivity contribution in [1.29, 1.82) is 0 Å². The second kappa shape index (κ2) is 6.44. The van der Waals surface area contributed by atoms with Gasteiger partial charge in [-0.25, -0.2) is 4.79 Å². The van der Waals surface area contributed by atoms with E-state index < -0.39 is 17.6 Å². The van der Waals surface area contributed by atoms with Crippen molar-refractivity contribution in [1.82, 2.24) is 10.2 Å². The molecule has 0 radical (unpaired) electrons. The molecule has 0 bridgehead atoms. The van der Waals surface area contributed by atoms with Gasteiger partial charge in [-0.1, -0.05) is 6.92 Å². The minimum absolute atomic E-state index is 0.102. The van der Waals surface area contributed by atoms with Crippen molar-refractivity contribution in [3.05, 3.63) is 0 Å². The maximum absolute atomic E-state index is 11.8. The van der Waals surface area contributed by atoms with E-state index in [1.54, 1.807) is 20.9 Å². The molecule has 0 aromatic carbocycles. The lowest BCUT2D eigenvalue weighted by molar-refractivity contribution is -0.137. The zero-order valence-corrected chi connectivity index (χ0v) is 10.9. The standard InChI is InChI=1S/C11H22N2O4/c1-5-8(6-9(15)16)12-10(17)13(4)11(2,3)7-14/h8,14H,5-7H2,1-4H3,(H,12,17)(H,15,16). The Morgan fingerprint density at radius 2 is 1.94 bits per heavy atom. The van der Waals surface area contributed by atoms with E-state index in [9.17, 15) is 9.59 Å². The Morgan fingerprint density at radius 1 is 1.41 bits per heavy atom. The van der Waals surface area contributed by atoms with Crippen LogP contribution in [-0.4, -0.2) is 52.3 Å². The van der Waals surface area contributed by atoms with Crippen LogP contribution >= 0.6 is 0 Å². The fourth-order valence-corrected chi connectivity index (χ4v) is 1.16. The number of nitrogens with one attached hydrogen (secondary N) is 1. The minimum Gasteiger partial charge on any atom is -0.481 e. The van der Waals surface area contributed by atoms with Gasteiger partial charge in [0.2, 0.25) is 0 Å². The van der Waals surface area contributed by atoms with E-state index in [2.05, 4.69) is 5.32 Å². The van der Waals surface area contributed by atoms with Crippen LogP contribution < -0.4 is 5.32 Å². The highest BCUT2D eigenvalue weighted by Crippen LogP contribution is 2.11. The van der Waals surface area contributed by atoms with Crippen LogP contribution in [-0.2, 0) is 4.79 Å². The van der Waals surface area contributed by atoms with E-state index in [0.29, 0.717) is 6.42 Å². The van der Waals surface area contributed by atoms with Gasteiger partial charge in [0.15, 0.2) is 0 Å². The van der Waals surface area contributed by atoms with Gasteiger partial charge in [-0.05, 0) is 20.3 Å². The fourth-order valence-electron chi connectivity index (χ4n) is 1.16. The van der Waals surface area contributed by atoms with Crippen LogP contribution in [0.1, 0.15) is 33.6 Å². The van der Waals surface area contributed by atoms with E-state index in [-0.39, 0.29) is 19.1 Å². The Kier molecular flexibility index (Phi) is 5.95. The van der Waals surface area contributed by atoms with Crippen LogP contribution in [0.3, 0.4) is 0 Å². The normalized spacial score (nSPS) is 13.0. The number of aliphatic hydroxyl groups excluding tert-OH is 1. The number of nitrogens with zero attached hydrogens (tertiary/aromatic N) is 1. The number of hydrogen-bond acceptors (Lipinski definition) is 3. The first-order valence-electron chi connectivity index (χ1n) is 5.61. The molecule has 0 aliphatic rings. The number of rotatable bonds is 6. The van der Waals surface area contributed by atoms with Crippen molar-refractivity contribution >= 4 is 12.0 Å². The third-order valence-electron chi connectivity index (χ3n) is 2.84. The Balaban J connectivity index is 4.46. The quantitative estimate of drug-likeness (QED) is 0.642. The molecule has 0 spiro atoms. The summed E-state index contributed by atoms with van der Waals surface area (Å²) in [6.45, 7) is 5.10. The molecule has 2 amide bonds. The van der Waals surface area contributed by atoms with Gasteiger partial charge in [0.1, 0.15) is 0 Å². The van der Waals surface area contributed by atoms with Gasteiger partial charge in [0.25, 0.3) is 0 Å². The average Bonchev–Trinajstić information content (AvgIpc) is 2.26. The largest absolute Gasteiger partial charge is 0.481 e. The molecule has 0 saturated heterocycles. The molecule has 100 valence electrons. The molecule has 6 nitrogen and oxygen atoms in total. The van der Waals surface area contributed by atoms with Gasteiger partial charge >= 0.3 is 12.0 Å². The van der Waals surface area contributed by atoms with Crippen LogP contribution in [0, 0.1) is 0 Å². The van der Waals surface area contributed by atoms with Gasteiger partial charge in [-0.15, -0.1) is 0 Å². The van der Waals surface area contributed by atoms with E-state index in [0.717, 1.165) is 0 Å². The zero-order valence-electron chi connectivity index (χ0n) is 10.9. The summed E-state index contributed by atoms with van der Waals surface area (Å²) in [6.07, 6.45) is 0.446. The summed E-state index contributed by atoms with van der Waals surface area (Å²) in [5.41, 5.74) is -0.675. The fraction of sp³-hybridized carbons (Fsp3) is 0.818. The van der Waals surface area contributed by atoms with E-state index in [1.807, 2.05) is 6.92 Å². The van der Waals surface area contributed by atoms with Gasteiger partial charge in [0, 0.05) is 13.1 Å². The zero-order chi connectivity index (χ0) is 13.6. The molecular weight excluding hydrogens is 224 g/mol. The Bertz CT molecular complexity index is 279. The number of carbonyl (C=O) groups is 2. The van der Waals surface area contributed by atoms with Crippen LogP contribution in [0.4, 0.5) is 4.79 Å². The first-order valence-corrected chi connectivity index (χ1v) is 5.61. The molecule has 0 saturated carbocycles. The molecule has 0 aromatic heterocycles. The first-order chi connectivity index (χ1) is 7.74. The van der Waals surface area contributed by atoms with Crippen LogP contribution in [0.15, 0.2) is 0 Å². The van der Waals surface area contributed by atoms with Gasteiger partial charge in [-0.3, -0.25) is 4.79 Å². The van der Waals surface area contributed by atoms with Crippen molar-refractivity contribution < 1.29 is 19.8 Å². The summed E-state index contributed by atoms with van der Waals surface area (Å²) in [6, 6.07) is -0.769. The topological polar surface area (TPSA) is 89.9 Å². The Morgan fingerprint density at radius 3 is 2.29 bits per heavy atom. The summed E-state index contributed by atoms with van der Waals surface area (Å²) in [5.74, 6) is -0.943. The summed E-state index contributed by atoms with van der Waals surface area (Å²) in [7, 11) is 1.57. The number of aliphatic hydroxyl groups is 1. The number of hydrogen-bond donors (Lipinski definition) is 3. The molecule has 0 aromatic rings. The number of aliphatic carboxylic acids is 1. The summed E-state index contributed by atoms with van der Waals surface area (Å²) >= 11 is 0. The van der Waals surface area contributed by atoms with Crippen LogP contribution in [0.2, 0.25) is 0 Å². The Hall–Kier alpha value is -1.30. The average molecular weight is 246 g/mol. The molecular formula is C11H22N2O4. The van der Waals surface area contributed by atoms with E-state index in [1.165, 1.54) is 4.90 Å². The van der Waals surface area contributed by atoms with Crippen molar-refractivity contribution in [3.8, 4) is 0 Å². The van der Waals surface area contributed by atoms with Crippen LogP contribution in [0.5, 0.6) is 0 Å². The molecule has 0 rings (SSSR count). The number of carboxylic acid groups (broad SMARTS) is 1. The van der Waals surface area contributed by atoms with Gasteiger partial charge in [0.05, 0.1) is 18.6 Å². The van der Waals surface area contributed by atoms with Crippen molar-refractivity contribution in [2.24, 2.45) is 0 Å². The third-order valence-corrected chi connectivity index (χ3v) is 2.84. The van der Waals surface area contributed by atoms with Gasteiger partial charge in [-0.2, -0.15) is 0 Å². The van der Waals surface area contributed by atoms with E-state index >= 15 is 0 Å². The molecule has 0 heterocycles. The molecule has 3 N–H and O–H groups in total. The summed E-state index contributed by atoms with van der Waals surface area (Å²) in [4.78, 5) is 23.8. The highest BCUT2D eigenvalue weighted by atomic mass is 16.4. The SMILES string of the molecule is CCC(CC(=O)O)NC(=O)N(C)C(C)(C)CO. The monoisotopic (exact) mass is 246 g/mol. The number of urea groups is 1. The lowest BCUT2D eigenvalue weighted by Gasteiger charge is -2.34. The molecule has 0 aliphatic carbocycles. The lowest BCUT2D eigenvalue weighted by Crippen LogP contribution is -2.53. The number of amides is 2. The molecule has 1 atom stereocenters. The second-order valence-electron chi connectivity index (χ2n) is 4.68. The maximum Gasteiger partial charge on any atom is 0.317 e. The highest BCUT2D eigenvalue weighted by molar-refractivity contribution is 5.76.